The van der Waals surface area contributed by atoms with Gasteiger partial charge in [-0.2, -0.15) is 0 Å². The first-order chi connectivity index (χ1) is 13.0. The summed E-state index contributed by atoms with van der Waals surface area (Å²) in [5.74, 6) is -0.241. The highest BCUT2D eigenvalue weighted by atomic mass is 79.9. The Labute approximate surface area is 164 Å². The van der Waals surface area contributed by atoms with Gasteiger partial charge < -0.3 is 10.1 Å². The second-order valence-corrected chi connectivity index (χ2v) is 6.92. The lowest BCUT2D eigenvalue weighted by atomic mass is 10.1. The summed E-state index contributed by atoms with van der Waals surface area (Å²) >= 11 is 3.39. The van der Waals surface area contributed by atoms with Crippen LogP contribution < -0.4 is 10.1 Å². The van der Waals surface area contributed by atoms with E-state index < -0.39 is 6.03 Å². The molecule has 1 fully saturated rings. The molecule has 1 heterocycles. The monoisotopic (exact) mass is 432 g/mol. The molecular weight excluding hydrogens is 415 g/mol. The van der Waals surface area contributed by atoms with Gasteiger partial charge in [0.25, 0.3) is 5.91 Å². The number of halogens is 2. The minimum absolute atomic E-state index is 0.0484. The van der Waals surface area contributed by atoms with Gasteiger partial charge in [-0.3, -0.25) is 9.69 Å². The molecule has 2 aromatic carbocycles. The summed E-state index contributed by atoms with van der Waals surface area (Å²) in [6.07, 6.45) is 2.25. The fraction of sp³-hybridized carbons (Fsp3) is 0.200. The topological polar surface area (TPSA) is 58.6 Å². The van der Waals surface area contributed by atoms with Crippen LogP contribution >= 0.6 is 15.9 Å². The fourth-order valence-corrected chi connectivity index (χ4v) is 3.07. The number of nitrogens with zero attached hydrogens (tertiary/aromatic N) is 1. The van der Waals surface area contributed by atoms with Crippen molar-refractivity contribution in [2.24, 2.45) is 0 Å². The molecule has 0 aliphatic carbocycles. The normalized spacial score (nSPS) is 15.4. The zero-order valence-electron chi connectivity index (χ0n) is 14.7. The zero-order valence-corrected chi connectivity index (χ0v) is 16.3. The molecule has 5 nitrogen and oxygen atoms in total. The molecule has 0 atom stereocenters. The molecule has 1 aliphatic rings. The van der Waals surface area contributed by atoms with Gasteiger partial charge in [0.2, 0.25) is 0 Å². The molecule has 7 heteroatoms. The molecule has 1 saturated heterocycles. The average molecular weight is 433 g/mol. The van der Waals surface area contributed by atoms with Crippen molar-refractivity contribution in [1.29, 1.82) is 0 Å². The Morgan fingerprint density at radius 3 is 2.74 bits per heavy atom. The Hall–Kier alpha value is -2.67. The lowest BCUT2D eigenvalue weighted by Gasteiger charge is -2.11. The van der Waals surface area contributed by atoms with Crippen LogP contribution in [0.1, 0.15) is 24.5 Å². The zero-order chi connectivity index (χ0) is 19.4. The number of carbonyl (C=O) groups excluding carboxylic acids is 2. The standard InChI is InChI=1S/C20H18BrFN2O3/c1-2-9-24-19(25)17(23-20(24)26)11-14-10-15(21)7-8-18(14)27-12-13-5-3-4-6-16(13)22/h3-8,10-11H,2,9,12H2,1H3,(H,23,26)/b17-11+. The fourth-order valence-electron chi connectivity index (χ4n) is 2.69. The summed E-state index contributed by atoms with van der Waals surface area (Å²) in [5.41, 5.74) is 1.21. The van der Waals surface area contributed by atoms with Crippen molar-refractivity contribution in [3.63, 3.8) is 0 Å². The lowest BCUT2D eigenvalue weighted by Crippen LogP contribution is -2.31. The third-order valence-corrected chi connectivity index (χ3v) is 4.52. The second-order valence-electron chi connectivity index (χ2n) is 6.01. The first-order valence-electron chi connectivity index (χ1n) is 8.50. The van der Waals surface area contributed by atoms with Crippen LogP contribution in [0.15, 0.2) is 52.6 Å². The van der Waals surface area contributed by atoms with Crippen molar-refractivity contribution < 1.29 is 18.7 Å². The highest BCUT2D eigenvalue weighted by Gasteiger charge is 2.32. The van der Waals surface area contributed by atoms with Crippen LogP contribution in [-0.4, -0.2) is 23.4 Å². The molecule has 1 aliphatic heterocycles. The van der Waals surface area contributed by atoms with Gasteiger partial charge in [-0.1, -0.05) is 41.1 Å². The molecule has 0 saturated carbocycles. The maximum absolute atomic E-state index is 13.8. The molecule has 0 aromatic heterocycles. The number of rotatable bonds is 6. The Bertz CT molecular complexity index is 914. The first-order valence-corrected chi connectivity index (χ1v) is 9.29. The van der Waals surface area contributed by atoms with E-state index in [1.807, 2.05) is 6.92 Å². The number of benzene rings is 2. The van der Waals surface area contributed by atoms with Crippen molar-refractivity contribution in [3.05, 3.63) is 69.6 Å². The van der Waals surface area contributed by atoms with Crippen molar-refractivity contribution >= 4 is 33.9 Å². The lowest BCUT2D eigenvalue weighted by molar-refractivity contribution is -0.122. The summed E-state index contributed by atoms with van der Waals surface area (Å²) in [7, 11) is 0. The highest BCUT2D eigenvalue weighted by molar-refractivity contribution is 9.10. The van der Waals surface area contributed by atoms with E-state index in [4.69, 9.17) is 4.74 Å². The second kappa shape index (κ2) is 8.35. The summed E-state index contributed by atoms with van der Waals surface area (Å²) in [4.78, 5) is 25.5. The van der Waals surface area contributed by atoms with Crippen LogP contribution in [0.5, 0.6) is 5.75 Å². The summed E-state index contributed by atoms with van der Waals surface area (Å²) in [6.45, 7) is 2.30. The Balaban J connectivity index is 1.85. The average Bonchev–Trinajstić information content (AvgIpc) is 2.90. The quantitative estimate of drug-likeness (QED) is 0.540. The third-order valence-electron chi connectivity index (χ3n) is 4.02. The van der Waals surface area contributed by atoms with E-state index in [0.717, 1.165) is 4.47 Å². The van der Waals surface area contributed by atoms with Gasteiger partial charge in [0.15, 0.2) is 0 Å². The molecule has 3 rings (SSSR count). The largest absolute Gasteiger partial charge is 0.488 e. The van der Waals surface area contributed by atoms with Gasteiger partial charge in [-0.25, -0.2) is 9.18 Å². The predicted octanol–water partition coefficient (Wildman–Crippen LogP) is 4.47. The SMILES string of the molecule is CCCN1C(=O)N/C(=C/c2cc(Br)ccc2OCc2ccccc2F)C1=O. The number of carbonyl (C=O) groups is 2. The molecule has 27 heavy (non-hydrogen) atoms. The minimum atomic E-state index is -0.433. The Kier molecular flexibility index (Phi) is 5.91. The van der Waals surface area contributed by atoms with Crippen LogP contribution in [0.4, 0.5) is 9.18 Å². The van der Waals surface area contributed by atoms with E-state index in [-0.39, 0.29) is 24.0 Å². The number of urea groups is 1. The summed E-state index contributed by atoms with van der Waals surface area (Å²) < 4.78 is 20.3. The highest BCUT2D eigenvalue weighted by Crippen LogP contribution is 2.27. The molecular formula is C20H18BrFN2O3. The number of ether oxygens (including phenoxy) is 1. The van der Waals surface area contributed by atoms with Gasteiger partial charge in [-0.15, -0.1) is 0 Å². The maximum Gasteiger partial charge on any atom is 0.329 e. The van der Waals surface area contributed by atoms with Crippen LogP contribution in [0.25, 0.3) is 6.08 Å². The number of amides is 3. The van der Waals surface area contributed by atoms with Crippen LogP contribution in [-0.2, 0) is 11.4 Å². The van der Waals surface area contributed by atoms with Gasteiger partial charge >= 0.3 is 6.03 Å². The van der Waals surface area contributed by atoms with E-state index in [1.165, 1.54) is 11.0 Å². The smallest absolute Gasteiger partial charge is 0.329 e. The first kappa shape index (κ1) is 19.1. The van der Waals surface area contributed by atoms with E-state index in [9.17, 15) is 14.0 Å². The van der Waals surface area contributed by atoms with Crippen molar-refractivity contribution in [2.75, 3.05) is 6.54 Å². The third kappa shape index (κ3) is 4.36. The van der Waals surface area contributed by atoms with Crippen molar-refractivity contribution in [2.45, 2.75) is 20.0 Å². The molecule has 0 radical (unpaired) electrons. The van der Waals surface area contributed by atoms with E-state index in [1.54, 1.807) is 42.5 Å². The molecule has 0 bridgehead atoms. The van der Waals surface area contributed by atoms with Gasteiger partial charge in [0.05, 0.1) is 0 Å². The maximum atomic E-state index is 13.8. The van der Waals surface area contributed by atoms with Crippen LogP contribution in [0.3, 0.4) is 0 Å². The number of hydrogen-bond acceptors (Lipinski definition) is 3. The molecule has 2 aromatic rings. The number of hydrogen-bond donors (Lipinski definition) is 1. The van der Waals surface area contributed by atoms with E-state index >= 15 is 0 Å². The van der Waals surface area contributed by atoms with E-state index in [2.05, 4.69) is 21.2 Å². The molecule has 140 valence electrons. The van der Waals surface area contributed by atoms with Gasteiger partial charge in [0, 0.05) is 22.1 Å². The number of imide groups is 1. The Morgan fingerprint density at radius 2 is 2.00 bits per heavy atom. The molecule has 0 unspecified atom stereocenters. The van der Waals surface area contributed by atoms with Gasteiger partial charge in [0.1, 0.15) is 23.9 Å². The molecule has 3 amide bonds. The summed E-state index contributed by atoms with van der Waals surface area (Å²) in [6, 6.07) is 11.2. The van der Waals surface area contributed by atoms with Gasteiger partial charge in [-0.05, 0) is 36.8 Å². The van der Waals surface area contributed by atoms with Crippen LogP contribution in [0, 0.1) is 5.82 Å². The number of nitrogens with one attached hydrogen (secondary N) is 1. The predicted molar refractivity (Wildman–Crippen MR) is 103 cm³/mol. The minimum Gasteiger partial charge on any atom is -0.488 e. The molecule has 0 spiro atoms. The summed E-state index contributed by atoms with van der Waals surface area (Å²) in [5, 5.41) is 2.58. The van der Waals surface area contributed by atoms with Crippen molar-refractivity contribution in [1.82, 2.24) is 10.2 Å². The molecule has 1 N–H and O–H groups in total. The van der Waals surface area contributed by atoms with Crippen LogP contribution in [0.2, 0.25) is 0 Å². The van der Waals surface area contributed by atoms with E-state index in [0.29, 0.717) is 29.8 Å². The Morgan fingerprint density at radius 1 is 1.22 bits per heavy atom. The van der Waals surface area contributed by atoms with Crippen molar-refractivity contribution in [3.8, 4) is 5.75 Å².